The van der Waals surface area contributed by atoms with Gasteiger partial charge in [-0.3, -0.25) is 4.79 Å². The van der Waals surface area contributed by atoms with Crippen LogP contribution in [0, 0.1) is 12.8 Å². The van der Waals surface area contributed by atoms with Crippen molar-refractivity contribution in [1.82, 2.24) is 5.32 Å². The van der Waals surface area contributed by atoms with E-state index in [2.05, 4.69) is 17.6 Å². The van der Waals surface area contributed by atoms with Crippen LogP contribution in [0.2, 0.25) is 0 Å². The highest BCUT2D eigenvalue weighted by atomic mass is 16.1. The Morgan fingerprint density at radius 3 is 2.68 bits per heavy atom. The maximum absolute atomic E-state index is 11.8. The van der Waals surface area contributed by atoms with Crippen LogP contribution in [-0.2, 0) is 4.79 Å². The number of hydrogen-bond acceptors (Lipinski definition) is 2. The summed E-state index contributed by atoms with van der Waals surface area (Å²) in [5.74, 6) is 0.827. The van der Waals surface area contributed by atoms with Crippen LogP contribution in [0.1, 0.15) is 38.2 Å². The molecule has 0 bridgehead atoms. The predicted molar refractivity (Wildman–Crippen MR) is 79.2 cm³/mol. The molecule has 0 aliphatic heterocycles. The lowest BCUT2D eigenvalue weighted by atomic mass is 9.87. The largest absolute Gasteiger partial charge is 0.325 e. The van der Waals surface area contributed by atoms with Crippen LogP contribution >= 0.6 is 0 Å². The molecule has 1 aromatic rings. The van der Waals surface area contributed by atoms with Crippen molar-refractivity contribution in [2.24, 2.45) is 5.92 Å². The zero-order valence-electron chi connectivity index (χ0n) is 11.9. The maximum Gasteiger partial charge on any atom is 0.238 e. The lowest BCUT2D eigenvalue weighted by Crippen LogP contribution is -2.38. The number of anilines is 1. The molecule has 1 amide bonds. The number of benzene rings is 1. The first-order valence-electron chi connectivity index (χ1n) is 7.23. The summed E-state index contributed by atoms with van der Waals surface area (Å²) in [6.07, 6.45) is 4.99. The second-order valence-corrected chi connectivity index (χ2v) is 5.76. The van der Waals surface area contributed by atoms with Crippen molar-refractivity contribution in [2.75, 3.05) is 11.9 Å². The zero-order chi connectivity index (χ0) is 13.7. The molecular weight excluding hydrogens is 236 g/mol. The number of hydrogen-bond donors (Lipinski definition) is 2. The van der Waals surface area contributed by atoms with Gasteiger partial charge in [0.15, 0.2) is 0 Å². The molecule has 0 saturated heterocycles. The van der Waals surface area contributed by atoms with Gasteiger partial charge in [0.25, 0.3) is 0 Å². The van der Waals surface area contributed by atoms with Crippen LogP contribution < -0.4 is 10.6 Å². The Labute approximate surface area is 115 Å². The molecule has 2 N–H and O–H groups in total. The standard InChI is InChI=1S/C16H24N2O/c1-12-6-8-14(9-7-12)18-16(19)11-17-15-5-3-4-13(2)10-15/h6-9,13,15,17H,3-5,10-11H2,1-2H3,(H,18,19). The smallest absolute Gasteiger partial charge is 0.238 e. The van der Waals surface area contributed by atoms with E-state index in [9.17, 15) is 4.79 Å². The molecule has 2 unspecified atom stereocenters. The number of carbonyl (C=O) groups excluding carboxylic acids is 1. The van der Waals surface area contributed by atoms with Gasteiger partial charge in [-0.05, 0) is 37.8 Å². The van der Waals surface area contributed by atoms with Crippen LogP contribution in [-0.4, -0.2) is 18.5 Å². The average molecular weight is 260 g/mol. The predicted octanol–water partition coefficient (Wildman–Crippen LogP) is 3.10. The Hall–Kier alpha value is -1.35. The number of amides is 1. The number of carbonyl (C=O) groups is 1. The molecule has 1 aliphatic carbocycles. The highest BCUT2D eigenvalue weighted by Gasteiger charge is 2.18. The average Bonchev–Trinajstić information content (AvgIpc) is 2.39. The van der Waals surface area contributed by atoms with Gasteiger partial charge < -0.3 is 10.6 Å². The SMILES string of the molecule is Cc1ccc(NC(=O)CNC2CCCC(C)C2)cc1. The first-order valence-corrected chi connectivity index (χ1v) is 7.23. The Bertz CT molecular complexity index is 413. The number of rotatable bonds is 4. The molecule has 2 atom stereocenters. The molecule has 0 aromatic heterocycles. The second kappa shape index (κ2) is 6.71. The minimum atomic E-state index is 0.0436. The zero-order valence-corrected chi connectivity index (χ0v) is 11.9. The second-order valence-electron chi connectivity index (χ2n) is 5.76. The van der Waals surface area contributed by atoms with E-state index in [0.29, 0.717) is 12.6 Å². The van der Waals surface area contributed by atoms with Crippen molar-refractivity contribution in [2.45, 2.75) is 45.6 Å². The molecule has 3 nitrogen and oxygen atoms in total. The van der Waals surface area contributed by atoms with Crippen LogP contribution in [0.15, 0.2) is 24.3 Å². The number of aryl methyl sites for hydroxylation is 1. The molecule has 3 heteroatoms. The van der Waals surface area contributed by atoms with Gasteiger partial charge in [0, 0.05) is 11.7 Å². The summed E-state index contributed by atoms with van der Waals surface area (Å²) in [5, 5.41) is 6.29. The molecule has 104 valence electrons. The fourth-order valence-electron chi connectivity index (χ4n) is 2.70. The van der Waals surface area contributed by atoms with Crippen molar-refractivity contribution in [1.29, 1.82) is 0 Å². The van der Waals surface area contributed by atoms with Crippen LogP contribution in [0.4, 0.5) is 5.69 Å². The quantitative estimate of drug-likeness (QED) is 0.873. The van der Waals surface area contributed by atoms with Crippen molar-refractivity contribution in [3.63, 3.8) is 0 Å². The summed E-state index contributed by atoms with van der Waals surface area (Å²) < 4.78 is 0. The van der Waals surface area contributed by atoms with Gasteiger partial charge in [-0.1, -0.05) is 37.5 Å². The fourth-order valence-corrected chi connectivity index (χ4v) is 2.70. The van der Waals surface area contributed by atoms with Gasteiger partial charge >= 0.3 is 0 Å². The summed E-state index contributed by atoms with van der Waals surface area (Å²) in [7, 11) is 0. The van der Waals surface area contributed by atoms with Crippen LogP contribution in [0.3, 0.4) is 0 Å². The minimum Gasteiger partial charge on any atom is -0.325 e. The van der Waals surface area contributed by atoms with Gasteiger partial charge in [-0.15, -0.1) is 0 Å². The minimum absolute atomic E-state index is 0.0436. The Kier molecular flexibility index (Phi) is 4.97. The molecule has 0 heterocycles. The van der Waals surface area contributed by atoms with E-state index in [1.807, 2.05) is 31.2 Å². The normalized spacial score (nSPS) is 23.1. The van der Waals surface area contributed by atoms with Gasteiger partial charge in [0.1, 0.15) is 0 Å². The topological polar surface area (TPSA) is 41.1 Å². The molecule has 0 radical (unpaired) electrons. The van der Waals surface area contributed by atoms with E-state index in [1.165, 1.54) is 31.2 Å². The highest BCUT2D eigenvalue weighted by Crippen LogP contribution is 2.23. The van der Waals surface area contributed by atoms with Crippen molar-refractivity contribution in [3.05, 3.63) is 29.8 Å². The molecular formula is C16H24N2O. The fraction of sp³-hybridized carbons (Fsp3) is 0.562. The van der Waals surface area contributed by atoms with E-state index in [4.69, 9.17) is 0 Å². The third kappa shape index (κ3) is 4.67. The van der Waals surface area contributed by atoms with Crippen molar-refractivity contribution < 1.29 is 4.79 Å². The molecule has 19 heavy (non-hydrogen) atoms. The van der Waals surface area contributed by atoms with Gasteiger partial charge in [0.2, 0.25) is 5.91 Å². The van der Waals surface area contributed by atoms with Crippen LogP contribution in [0.5, 0.6) is 0 Å². The lowest BCUT2D eigenvalue weighted by Gasteiger charge is -2.27. The first-order chi connectivity index (χ1) is 9.13. The molecule has 1 fully saturated rings. The third-order valence-electron chi connectivity index (χ3n) is 3.82. The molecule has 2 rings (SSSR count). The maximum atomic E-state index is 11.8. The monoisotopic (exact) mass is 260 g/mol. The molecule has 1 saturated carbocycles. The van der Waals surface area contributed by atoms with E-state index in [-0.39, 0.29) is 5.91 Å². The van der Waals surface area contributed by atoms with E-state index in [0.717, 1.165) is 11.6 Å². The molecule has 1 aromatic carbocycles. The van der Waals surface area contributed by atoms with E-state index >= 15 is 0 Å². The van der Waals surface area contributed by atoms with E-state index in [1.54, 1.807) is 0 Å². The molecule has 1 aliphatic rings. The summed E-state index contributed by atoms with van der Waals surface area (Å²) in [6.45, 7) is 4.74. The van der Waals surface area contributed by atoms with Gasteiger partial charge in [0.05, 0.1) is 6.54 Å². The summed E-state index contributed by atoms with van der Waals surface area (Å²) >= 11 is 0. The van der Waals surface area contributed by atoms with E-state index < -0.39 is 0 Å². The summed E-state index contributed by atoms with van der Waals surface area (Å²) in [4.78, 5) is 11.8. The Morgan fingerprint density at radius 2 is 2.00 bits per heavy atom. The number of nitrogens with one attached hydrogen (secondary N) is 2. The Balaban J connectivity index is 1.73. The van der Waals surface area contributed by atoms with Gasteiger partial charge in [-0.25, -0.2) is 0 Å². The third-order valence-corrected chi connectivity index (χ3v) is 3.82. The van der Waals surface area contributed by atoms with Crippen molar-refractivity contribution >= 4 is 11.6 Å². The van der Waals surface area contributed by atoms with Crippen LogP contribution in [0.25, 0.3) is 0 Å². The van der Waals surface area contributed by atoms with Gasteiger partial charge in [-0.2, -0.15) is 0 Å². The lowest BCUT2D eigenvalue weighted by molar-refractivity contribution is -0.115. The highest BCUT2D eigenvalue weighted by molar-refractivity contribution is 5.92. The first kappa shape index (κ1) is 14.1. The Morgan fingerprint density at radius 1 is 1.26 bits per heavy atom. The van der Waals surface area contributed by atoms with Crippen molar-refractivity contribution in [3.8, 4) is 0 Å². The molecule has 0 spiro atoms. The summed E-state index contributed by atoms with van der Waals surface area (Å²) in [5.41, 5.74) is 2.07. The summed E-state index contributed by atoms with van der Waals surface area (Å²) in [6, 6.07) is 8.40.